The van der Waals surface area contributed by atoms with Gasteiger partial charge in [0.1, 0.15) is 11.6 Å². The third-order valence-corrected chi connectivity index (χ3v) is 8.80. The molecule has 1 N–H and O–H groups in total. The summed E-state index contributed by atoms with van der Waals surface area (Å²) in [6.45, 7) is 0.209. The molecule has 172 valence electrons. The van der Waals surface area contributed by atoms with E-state index in [4.69, 9.17) is 0 Å². The molecule has 2 aliphatic heterocycles. The highest BCUT2D eigenvalue weighted by Gasteiger charge is 2.50. The number of fused-ring (bicyclic) bond motifs is 3. The van der Waals surface area contributed by atoms with Gasteiger partial charge in [-0.25, -0.2) is 17.2 Å². The van der Waals surface area contributed by atoms with Crippen LogP contribution >= 0.6 is 0 Å². The molecular weight excluding hydrogens is 446 g/mol. The Morgan fingerprint density at radius 1 is 0.939 bits per heavy atom. The van der Waals surface area contributed by atoms with Gasteiger partial charge in [0.25, 0.3) is 0 Å². The molecule has 33 heavy (non-hydrogen) atoms. The van der Waals surface area contributed by atoms with Crippen LogP contribution in [0.4, 0.5) is 14.5 Å². The van der Waals surface area contributed by atoms with E-state index in [0.717, 1.165) is 34.5 Å². The highest BCUT2D eigenvalue weighted by Crippen LogP contribution is 2.51. The molecule has 0 amide bonds. The van der Waals surface area contributed by atoms with E-state index in [0.29, 0.717) is 13.0 Å². The molecule has 1 saturated heterocycles. The first kappa shape index (κ1) is 22.0. The van der Waals surface area contributed by atoms with Gasteiger partial charge in [0.2, 0.25) is 10.0 Å². The smallest absolute Gasteiger partial charge is 0.243 e. The minimum atomic E-state index is -3.88. The predicted molar refractivity (Wildman–Crippen MR) is 122 cm³/mol. The second kappa shape index (κ2) is 8.20. The zero-order valence-corrected chi connectivity index (χ0v) is 18.8. The fraction of sp³-hybridized carbons (Fsp3) is 0.280. The summed E-state index contributed by atoms with van der Waals surface area (Å²) in [5, 5.41) is 10.1. The van der Waals surface area contributed by atoms with Crippen molar-refractivity contribution < 1.29 is 22.3 Å². The number of hydrogen-bond donors (Lipinski definition) is 1. The van der Waals surface area contributed by atoms with Crippen molar-refractivity contribution in [1.82, 2.24) is 4.31 Å². The number of anilines is 1. The molecule has 0 radical (unpaired) electrons. The van der Waals surface area contributed by atoms with Crippen LogP contribution in [0.3, 0.4) is 0 Å². The molecule has 2 heterocycles. The zero-order chi connectivity index (χ0) is 23.3. The van der Waals surface area contributed by atoms with E-state index in [2.05, 4.69) is 0 Å². The Bertz CT molecular complexity index is 1280. The van der Waals surface area contributed by atoms with E-state index in [1.54, 1.807) is 12.1 Å². The van der Waals surface area contributed by atoms with E-state index in [9.17, 15) is 22.3 Å². The van der Waals surface area contributed by atoms with Crippen LogP contribution < -0.4 is 4.90 Å². The van der Waals surface area contributed by atoms with Crippen molar-refractivity contribution in [3.8, 4) is 11.1 Å². The van der Waals surface area contributed by atoms with E-state index in [1.807, 2.05) is 30.1 Å². The van der Waals surface area contributed by atoms with Crippen LogP contribution in [0.1, 0.15) is 18.0 Å². The highest BCUT2D eigenvalue weighted by molar-refractivity contribution is 7.89. The number of nitrogens with zero attached hydrogens (tertiary/aromatic N) is 2. The van der Waals surface area contributed by atoms with Crippen LogP contribution in [-0.2, 0) is 10.0 Å². The van der Waals surface area contributed by atoms with Crippen molar-refractivity contribution in [2.24, 2.45) is 5.92 Å². The molecule has 0 spiro atoms. The maximum atomic E-state index is 13.6. The monoisotopic (exact) mass is 470 g/mol. The van der Waals surface area contributed by atoms with Gasteiger partial charge >= 0.3 is 0 Å². The van der Waals surface area contributed by atoms with Gasteiger partial charge in [-0.2, -0.15) is 4.31 Å². The second-order valence-electron chi connectivity index (χ2n) is 8.61. The van der Waals surface area contributed by atoms with Crippen molar-refractivity contribution in [2.75, 3.05) is 25.1 Å². The summed E-state index contributed by atoms with van der Waals surface area (Å²) < 4.78 is 55.5. The number of aliphatic hydroxyl groups excluding tert-OH is 1. The quantitative estimate of drug-likeness (QED) is 0.621. The summed E-state index contributed by atoms with van der Waals surface area (Å²) in [6.07, 6.45) is 0.598. The van der Waals surface area contributed by atoms with Gasteiger partial charge in [0, 0.05) is 25.2 Å². The molecular formula is C25H24F2N2O3S. The molecule has 0 bridgehead atoms. The summed E-state index contributed by atoms with van der Waals surface area (Å²) >= 11 is 0. The first-order valence-electron chi connectivity index (χ1n) is 10.8. The number of sulfonamides is 1. The summed E-state index contributed by atoms with van der Waals surface area (Å²) in [7, 11) is -1.98. The average Bonchev–Trinajstić information content (AvgIpc) is 3.26. The molecule has 0 aliphatic carbocycles. The Morgan fingerprint density at radius 2 is 1.55 bits per heavy atom. The fourth-order valence-corrected chi connectivity index (χ4v) is 6.91. The third-order valence-electron chi connectivity index (χ3n) is 6.90. The summed E-state index contributed by atoms with van der Waals surface area (Å²) in [4.78, 5) is 2.05. The van der Waals surface area contributed by atoms with Crippen LogP contribution in [0.5, 0.6) is 0 Å². The molecule has 0 aromatic heterocycles. The summed E-state index contributed by atoms with van der Waals surface area (Å²) in [6, 6.07) is 16.1. The van der Waals surface area contributed by atoms with Crippen LogP contribution in [0.2, 0.25) is 0 Å². The minimum Gasteiger partial charge on any atom is -0.394 e. The molecule has 0 saturated carbocycles. The maximum Gasteiger partial charge on any atom is 0.243 e. The first-order chi connectivity index (χ1) is 15.8. The number of aliphatic hydroxyl groups is 1. The Kier molecular flexibility index (Phi) is 5.47. The van der Waals surface area contributed by atoms with Crippen molar-refractivity contribution in [2.45, 2.75) is 23.4 Å². The molecule has 8 heteroatoms. The number of rotatable bonds is 4. The lowest BCUT2D eigenvalue weighted by molar-refractivity contribution is 0.193. The van der Waals surface area contributed by atoms with Crippen LogP contribution in [-0.4, -0.2) is 44.1 Å². The molecule has 5 rings (SSSR count). The SMILES string of the molecule is CN1c2ccc(-c3ccc(F)cc3)cc2[C@@H]2[C@@H](CCN2S(=O)(=O)c2ccc(F)cc2)[C@@H]1CO. The average molecular weight is 471 g/mol. The van der Waals surface area contributed by atoms with E-state index < -0.39 is 21.9 Å². The Labute approximate surface area is 191 Å². The van der Waals surface area contributed by atoms with E-state index in [-0.39, 0.29) is 29.3 Å². The summed E-state index contributed by atoms with van der Waals surface area (Å²) in [5.74, 6) is -0.928. The molecule has 3 aromatic rings. The number of likely N-dealkylation sites (N-methyl/N-ethyl adjacent to an activating group) is 1. The topological polar surface area (TPSA) is 60.9 Å². The largest absolute Gasteiger partial charge is 0.394 e. The van der Waals surface area contributed by atoms with Crippen LogP contribution in [0, 0.1) is 17.6 Å². The standard InChI is InChI=1S/C25H24F2N2O3S/c1-28-23-11-4-17(16-2-5-18(26)6-3-16)14-22(23)25-21(24(28)15-30)12-13-29(25)33(31,32)20-9-7-19(27)8-10-20/h2-11,14,21,24-25,30H,12-13,15H2,1H3/t21-,24-,25-/m0/s1. The lowest BCUT2D eigenvalue weighted by atomic mass is 9.81. The van der Waals surface area contributed by atoms with Crippen molar-refractivity contribution in [1.29, 1.82) is 0 Å². The lowest BCUT2D eigenvalue weighted by Gasteiger charge is -2.44. The Balaban J connectivity index is 1.63. The molecule has 2 aliphatic rings. The molecule has 0 unspecified atom stereocenters. The molecule has 3 atom stereocenters. The van der Waals surface area contributed by atoms with Gasteiger partial charge in [-0.1, -0.05) is 18.2 Å². The van der Waals surface area contributed by atoms with Crippen LogP contribution in [0.25, 0.3) is 11.1 Å². The van der Waals surface area contributed by atoms with Gasteiger partial charge in [0.15, 0.2) is 0 Å². The van der Waals surface area contributed by atoms with Gasteiger partial charge in [0.05, 0.1) is 23.6 Å². The highest BCUT2D eigenvalue weighted by atomic mass is 32.2. The minimum absolute atomic E-state index is 0.0419. The first-order valence-corrected chi connectivity index (χ1v) is 12.3. The fourth-order valence-electron chi connectivity index (χ4n) is 5.25. The predicted octanol–water partition coefficient (Wildman–Crippen LogP) is 4.19. The lowest BCUT2D eigenvalue weighted by Crippen LogP contribution is -2.48. The van der Waals surface area contributed by atoms with Gasteiger partial charge < -0.3 is 10.0 Å². The van der Waals surface area contributed by atoms with Crippen molar-refractivity contribution in [3.63, 3.8) is 0 Å². The maximum absolute atomic E-state index is 13.6. The zero-order valence-electron chi connectivity index (χ0n) is 18.0. The Morgan fingerprint density at radius 3 is 2.18 bits per heavy atom. The molecule has 5 nitrogen and oxygen atoms in total. The van der Waals surface area contributed by atoms with Gasteiger partial charge in [-0.3, -0.25) is 0 Å². The number of benzene rings is 3. The normalized spacial score (nSPS) is 22.8. The van der Waals surface area contributed by atoms with Crippen molar-refractivity contribution in [3.05, 3.63) is 83.9 Å². The summed E-state index contributed by atoms with van der Waals surface area (Å²) in [5.41, 5.74) is 3.38. The Hall–Kier alpha value is -2.81. The van der Waals surface area contributed by atoms with Crippen LogP contribution in [0.15, 0.2) is 71.6 Å². The van der Waals surface area contributed by atoms with E-state index >= 15 is 0 Å². The molecule has 1 fully saturated rings. The van der Waals surface area contributed by atoms with Gasteiger partial charge in [-0.05, 0) is 71.6 Å². The third kappa shape index (κ3) is 3.62. The van der Waals surface area contributed by atoms with Crippen molar-refractivity contribution >= 4 is 15.7 Å². The molecule has 3 aromatic carbocycles. The van der Waals surface area contributed by atoms with Gasteiger partial charge in [-0.15, -0.1) is 0 Å². The number of halogens is 2. The van der Waals surface area contributed by atoms with E-state index in [1.165, 1.54) is 28.6 Å². The second-order valence-corrected chi connectivity index (χ2v) is 10.5. The number of hydrogen-bond acceptors (Lipinski definition) is 4.